The quantitative estimate of drug-likeness (QED) is 0.0220. The number of alkyl halides is 3. The van der Waals surface area contributed by atoms with Crippen LogP contribution in [0, 0.1) is 0 Å². The van der Waals surface area contributed by atoms with Crippen molar-refractivity contribution in [2.24, 2.45) is 10.2 Å². The largest absolute Gasteiger partial charge is 0.417 e. The van der Waals surface area contributed by atoms with Gasteiger partial charge < -0.3 is 29.7 Å². The third kappa shape index (κ3) is 16.2. The molecule has 0 aromatic heterocycles. The number of azide groups is 1. The topological polar surface area (TPSA) is 179 Å². The third-order valence-electron chi connectivity index (χ3n) is 8.54. The monoisotopic (exact) mass is 846 g/mol. The molecule has 19 heteroatoms. The highest BCUT2D eigenvalue weighted by Gasteiger charge is 2.33. The number of hydrogen-bond donors (Lipinski definition) is 3. The molecule has 1 aliphatic heterocycles. The lowest BCUT2D eigenvalue weighted by Gasteiger charge is -2.29. The van der Waals surface area contributed by atoms with Gasteiger partial charge >= 0.3 is 6.18 Å². The van der Waals surface area contributed by atoms with Crippen molar-refractivity contribution < 1.29 is 41.8 Å². The maximum Gasteiger partial charge on any atom is 0.417 e. The summed E-state index contributed by atoms with van der Waals surface area (Å²) in [5.74, 6) is -0.0901. The van der Waals surface area contributed by atoms with E-state index in [-0.39, 0.29) is 29.3 Å². The molecule has 3 aromatic rings. The maximum atomic E-state index is 13.5. The van der Waals surface area contributed by atoms with Gasteiger partial charge in [-0.1, -0.05) is 34.9 Å². The Hall–Kier alpha value is -4.84. The van der Waals surface area contributed by atoms with Gasteiger partial charge in [-0.05, 0) is 78.4 Å². The Morgan fingerprint density at radius 3 is 2.40 bits per heavy atom. The fourth-order valence-corrected chi connectivity index (χ4v) is 6.75. The van der Waals surface area contributed by atoms with Gasteiger partial charge in [0.05, 0.1) is 67.7 Å². The van der Waals surface area contributed by atoms with Crippen molar-refractivity contribution in [2.45, 2.75) is 37.6 Å². The number of anilines is 2. The number of amides is 3. The minimum Gasteiger partial charge on any atom is -0.379 e. The smallest absolute Gasteiger partial charge is 0.379 e. The van der Waals surface area contributed by atoms with E-state index >= 15 is 0 Å². The first-order valence-electron chi connectivity index (χ1n) is 18.6. The number of benzene rings is 3. The number of nitrogens with zero attached hydrogens (tertiary/aromatic N) is 5. The van der Waals surface area contributed by atoms with Crippen LogP contribution in [-0.2, 0) is 30.9 Å². The Bertz CT molecular complexity index is 1890. The lowest BCUT2D eigenvalue weighted by atomic mass is 10.1. The molecule has 0 spiro atoms. The van der Waals surface area contributed by atoms with E-state index in [0.29, 0.717) is 69.7 Å². The SMILES string of the molecule is [N-]=[N+]=NCCOCCOCCOCCNC(=O)CCSCc1cccc(C(=O)Nc2ccc(N3CCCCC3)cc2C(=O)NN=Cc2ccc(Cl)c(C(F)(F)F)c2)c1. The van der Waals surface area contributed by atoms with Gasteiger partial charge in [-0.25, -0.2) is 5.43 Å². The molecule has 0 unspecified atom stereocenters. The maximum absolute atomic E-state index is 13.5. The van der Waals surface area contributed by atoms with Gasteiger partial charge in [-0.2, -0.15) is 30.0 Å². The number of carbonyl (C=O) groups is 3. The third-order valence-corrected chi connectivity index (χ3v) is 9.90. The lowest BCUT2D eigenvalue weighted by molar-refractivity contribution is -0.137. The number of ether oxygens (including phenoxy) is 3. The van der Waals surface area contributed by atoms with Gasteiger partial charge in [0, 0.05) is 60.3 Å². The molecule has 1 heterocycles. The first-order valence-corrected chi connectivity index (χ1v) is 20.2. The molecule has 0 radical (unpaired) electrons. The second-order valence-corrected chi connectivity index (χ2v) is 14.3. The molecular weight excluding hydrogens is 801 g/mol. The molecule has 3 N–H and O–H groups in total. The van der Waals surface area contributed by atoms with Crippen molar-refractivity contribution in [1.82, 2.24) is 10.7 Å². The number of piperidine rings is 1. The van der Waals surface area contributed by atoms with Gasteiger partial charge in [0.1, 0.15) is 0 Å². The van der Waals surface area contributed by atoms with Gasteiger partial charge in [-0.3, -0.25) is 14.4 Å². The van der Waals surface area contributed by atoms with Crippen LogP contribution in [0.1, 0.15) is 63.1 Å². The van der Waals surface area contributed by atoms with E-state index in [9.17, 15) is 27.6 Å². The minimum absolute atomic E-state index is 0.0784. The highest BCUT2D eigenvalue weighted by Crippen LogP contribution is 2.35. The first-order chi connectivity index (χ1) is 28.0. The summed E-state index contributed by atoms with van der Waals surface area (Å²) >= 11 is 7.27. The van der Waals surface area contributed by atoms with Crippen molar-refractivity contribution in [3.63, 3.8) is 0 Å². The number of thioether (sulfide) groups is 1. The van der Waals surface area contributed by atoms with Crippen LogP contribution in [0.4, 0.5) is 24.5 Å². The average molecular weight is 847 g/mol. The highest BCUT2D eigenvalue weighted by atomic mass is 35.5. The summed E-state index contributed by atoms with van der Waals surface area (Å²) in [6.45, 7) is 4.52. The minimum atomic E-state index is -4.66. The molecular formula is C39H46ClF3N8O6S. The number of hydrogen-bond acceptors (Lipinski definition) is 10. The summed E-state index contributed by atoms with van der Waals surface area (Å²) in [5.41, 5.74) is 12.0. The van der Waals surface area contributed by atoms with E-state index in [0.717, 1.165) is 62.0 Å². The standard InChI is InChI=1S/C39H46ClF3N8O6S/c40-34-9-7-28(24-33(34)39(41,42)43)26-47-49-38(54)32-25-31(51-14-2-1-3-15-51)8-10-35(32)48-37(53)30-6-4-5-29(23-30)27-58-22-11-36(52)45-12-16-55-18-20-57-21-19-56-17-13-46-50-44/h4-10,23-26H,1-3,11-22,27H2,(H,45,52)(H,48,53)(H,49,54). The molecule has 0 saturated carbocycles. The molecule has 3 amide bonds. The van der Waals surface area contributed by atoms with Crippen LogP contribution in [0.5, 0.6) is 0 Å². The fraction of sp³-hybridized carbons (Fsp3) is 0.436. The van der Waals surface area contributed by atoms with E-state index in [1.54, 1.807) is 42.1 Å². The van der Waals surface area contributed by atoms with Crippen LogP contribution in [0.3, 0.4) is 0 Å². The number of carbonyl (C=O) groups excluding carboxylic acids is 3. The summed E-state index contributed by atoms with van der Waals surface area (Å²) in [5, 5.41) is 12.5. The number of hydrazone groups is 1. The van der Waals surface area contributed by atoms with Crippen LogP contribution in [-0.4, -0.2) is 95.5 Å². The fourth-order valence-electron chi connectivity index (χ4n) is 5.64. The predicted molar refractivity (Wildman–Crippen MR) is 219 cm³/mol. The molecule has 14 nitrogen and oxygen atoms in total. The van der Waals surface area contributed by atoms with E-state index in [1.807, 2.05) is 12.1 Å². The number of nitrogens with one attached hydrogen (secondary N) is 3. The van der Waals surface area contributed by atoms with Crippen LogP contribution < -0.4 is 21.0 Å². The van der Waals surface area contributed by atoms with E-state index in [1.165, 1.54) is 6.07 Å². The zero-order valence-corrected chi connectivity index (χ0v) is 33.3. The molecule has 0 atom stereocenters. The van der Waals surface area contributed by atoms with Gasteiger partial charge in [0.2, 0.25) is 5.91 Å². The molecule has 3 aromatic carbocycles. The number of rotatable bonds is 23. The van der Waals surface area contributed by atoms with Crippen molar-refractivity contribution in [3.05, 3.63) is 104 Å². The summed E-state index contributed by atoms with van der Waals surface area (Å²) in [7, 11) is 0. The molecule has 58 heavy (non-hydrogen) atoms. The van der Waals surface area contributed by atoms with E-state index in [2.05, 4.69) is 36.1 Å². The molecule has 1 aliphatic rings. The first kappa shape index (κ1) is 45.9. The number of halogens is 4. The molecule has 1 fully saturated rings. The Morgan fingerprint density at radius 1 is 0.914 bits per heavy atom. The van der Waals surface area contributed by atoms with Crippen LogP contribution in [0.25, 0.3) is 10.4 Å². The Labute approximate surface area is 343 Å². The lowest BCUT2D eigenvalue weighted by Crippen LogP contribution is -2.30. The average Bonchev–Trinajstić information content (AvgIpc) is 3.22. The summed E-state index contributed by atoms with van der Waals surface area (Å²) < 4.78 is 56.0. The summed E-state index contributed by atoms with van der Waals surface area (Å²) in [6, 6.07) is 15.5. The summed E-state index contributed by atoms with van der Waals surface area (Å²) in [6.07, 6.45) is -0.152. The Kier molecular flexibility index (Phi) is 19.6. The van der Waals surface area contributed by atoms with Crippen LogP contribution in [0.15, 0.2) is 70.9 Å². The van der Waals surface area contributed by atoms with Crippen molar-refractivity contribution >= 4 is 58.7 Å². The van der Waals surface area contributed by atoms with Crippen LogP contribution >= 0.6 is 23.4 Å². The van der Waals surface area contributed by atoms with Crippen molar-refractivity contribution in [3.8, 4) is 0 Å². The molecule has 0 bridgehead atoms. The Morgan fingerprint density at radius 2 is 1.66 bits per heavy atom. The highest BCUT2D eigenvalue weighted by molar-refractivity contribution is 7.98. The molecule has 4 rings (SSSR count). The normalized spacial score (nSPS) is 12.9. The molecule has 1 saturated heterocycles. The Balaban J connectivity index is 1.24. The van der Waals surface area contributed by atoms with Crippen LogP contribution in [0.2, 0.25) is 5.02 Å². The second kappa shape index (κ2) is 24.8. The van der Waals surface area contributed by atoms with Gasteiger partial charge in [0.15, 0.2) is 0 Å². The van der Waals surface area contributed by atoms with Gasteiger partial charge in [0.25, 0.3) is 11.8 Å². The van der Waals surface area contributed by atoms with E-state index < -0.39 is 28.6 Å². The van der Waals surface area contributed by atoms with Crippen molar-refractivity contribution in [2.75, 3.05) is 81.8 Å². The van der Waals surface area contributed by atoms with Gasteiger partial charge in [-0.15, -0.1) is 0 Å². The van der Waals surface area contributed by atoms with Crippen molar-refractivity contribution in [1.29, 1.82) is 0 Å². The zero-order valence-electron chi connectivity index (χ0n) is 31.8. The zero-order chi connectivity index (χ0) is 41.6. The predicted octanol–water partition coefficient (Wildman–Crippen LogP) is 7.46. The van der Waals surface area contributed by atoms with E-state index in [4.69, 9.17) is 31.3 Å². The summed E-state index contributed by atoms with van der Waals surface area (Å²) in [4.78, 5) is 44.0. The second-order valence-electron chi connectivity index (χ2n) is 12.8. The molecule has 0 aliphatic carbocycles. The molecule has 312 valence electrons.